The van der Waals surface area contributed by atoms with E-state index in [0.29, 0.717) is 23.9 Å². The zero-order valence-corrected chi connectivity index (χ0v) is 13.7. The first-order valence-corrected chi connectivity index (χ1v) is 7.70. The number of carbonyl (C=O) groups is 1. The van der Waals surface area contributed by atoms with Crippen molar-refractivity contribution in [3.05, 3.63) is 77.7 Å². The van der Waals surface area contributed by atoms with Gasteiger partial charge in [-0.1, -0.05) is 30.3 Å². The number of anilines is 1. The molecule has 1 amide bonds. The minimum Gasteiger partial charge on any atom is -0.473 e. The van der Waals surface area contributed by atoms with E-state index < -0.39 is 0 Å². The molecule has 3 rings (SSSR count). The molecule has 2 heterocycles. The molecular formula is C19H19N3O2. The molecule has 0 radical (unpaired) electrons. The number of pyridine rings is 1. The van der Waals surface area contributed by atoms with Gasteiger partial charge in [-0.3, -0.25) is 4.79 Å². The van der Waals surface area contributed by atoms with Crippen LogP contribution in [0, 0.1) is 6.92 Å². The smallest absolute Gasteiger partial charge is 0.272 e. The minimum absolute atomic E-state index is 0.162. The molecule has 0 saturated heterocycles. The highest BCUT2D eigenvalue weighted by atomic mass is 16.5. The van der Waals surface area contributed by atoms with Gasteiger partial charge in [0.25, 0.3) is 5.91 Å². The van der Waals surface area contributed by atoms with Gasteiger partial charge >= 0.3 is 0 Å². The number of aryl methyl sites for hydroxylation is 1. The van der Waals surface area contributed by atoms with Crippen LogP contribution in [0.15, 0.2) is 60.8 Å². The number of aromatic nitrogens is 2. The summed E-state index contributed by atoms with van der Waals surface area (Å²) in [5, 5.41) is 2.84. The van der Waals surface area contributed by atoms with Crippen LogP contribution in [0.1, 0.15) is 21.7 Å². The standard InChI is InChI=1S/C19H19N3O2/c1-14-8-10-17(22(14)2)19(23)21-16-9-11-18(20-12-16)24-13-15-6-4-3-5-7-15/h3-12H,13H2,1-2H3,(H,21,23). The summed E-state index contributed by atoms with van der Waals surface area (Å²) in [5.74, 6) is 0.358. The first-order chi connectivity index (χ1) is 11.6. The maximum Gasteiger partial charge on any atom is 0.272 e. The van der Waals surface area contributed by atoms with E-state index in [0.717, 1.165) is 11.3 Å². The molecule has 0 saturated carbocycles. The largest absolute Gasteiger partial charge is 0.473 e. The maximum atomic E-state index is 12.3. The van der Waals surface area contributed by atoms with Crippen molar-refractivity contribution in [1.29, 1.82) is 0 Å². The summed E-state index contributed by atoms with van der Waals surface area (Å²) >= 11 is 0. The van der Waals surface area contributed by atoms with Gasteiger partial charge < -0.3 is 14.6 Å². The number of amides is 1. The second-order valence-corrected chi connectivity index (χ2v) is 5.53. The SMILES string of the molecule is Cc1ccc(C(=O)Nc2ccc(OCc3ccccc3)nc2)n1C. The molecular weight excluding hydrogens is 302 g/mol. The van der Waals surface area contributed by atoms with Gasteiger partial charge in [0.05, 0.1) is 11.9 Å². The van der Waals surface area contributed by atoms with Gasteiger partial charge in [-0.2, -0.15) is 0 Å². The Morgan fingerprint density at radius 3 is 2.54 bits per heavy atom. The van der Waals surface area contributed by atoms with Crippen molar-refractivity contribution in [3.63, 3.8) is 0 Å². The third-order valence-electron chi connectivity index (χ3n) is 3.83. The van der Waals surface area contributed by atoms with Crippen molar-refractivity contribution in [2.75, 3.05) is 5.32 Å². The van der Waals surface area contributed by atoms with Crippen molar-refractivity contribution in [2.24, 2.45) is 7.05 Å². The van der Waals surface area contributed by atoms with E-state index in [9.17, 15) is 4.79 Å². The van der Waals surface area contributed by atoms with Gasteiger partial charge in [-0.05, 0) is 30.7 Å². The van der Waals surface area contributed by atoms with E-state index in [4.69, 9.17) is 4.74 Å². The van der Waals surface area contributed by atoms with Crippen LogP contribution >= 0.6 is 0 Å². The summed E-state index contributed by atoms with van der Waals surface area (Å²) in [4.78, 5) is 16.5. The number of ether oxygens (including phenoxy) is 1. The van der Waals surface area contributed by atoms with Gasteiger partial charge in [0.2, 0.25) is 5.88 Å². The van der Waals surface area contributed by atoms with Crippen LogP contribution in [0.5, 0.6) is 5.88 Å². The third-order valence-corrected chi connectivity index (χ3v) is 3.83. The van der Waals surface area contributed by atoms with Crippen LogP contribution in [-0.2, 0) is 13.7 Å². The molecule has 1 N–H and O–H groups in total. The lowest BCUT2D eigenvalue weighted by atomic mass is 10.2. The van der Waals surface area contributed by atoms with Crippen LogP contribution < -0.4 is 10.1 Å². The lowest BCUT2D eigenvalue weighted by Crippen LogP contribution is -2.16. The van der Waals surface area contributed by atoms with Crippen molar-refractivity contribution in [2.45, 2.75) is 13.5 Å². The molecule has 1 aromatic carbocycles. The van der Waals surface area contributed by atoms with Crippen molar-refractivity contribution in [3.8, 4) is 5.88 Å². The molecule has 5 heteroatoms. The summed E-state index contributed by atoms with van der Waals surface area (Å²) in [6.45, 7) is 2.42. The predicted octanol–water partition coefficient (Wildman–Crippen LogP) is 3.56. The molecule has 3 aromatic rings. The molecule has 0 spiro atoms. The number of nitrogens with zero attached hydrogens (tertiary/aromatic N) is 2. The Hall–Kier alpha value is -3.08. The Balaban J connectivity index is 1.60. The van der Waals surface area contributed by atoms with Gasteiger partial charge in [0, 0.05) is 18.8 Å². The Kier molecular flexibility index (Phi) is 4.61. The Labute approximate surface area is 140 Å². The zero-order valence-electron chi connectivity index (χ0n) is 13.7. The Morgan fingerprint density at radius 1 is 1.12 bits per heavy atom. The van der Waals surface area contributed by atoms with E-state index in [2.05, 4.69) is 10.3 Å². The normalized spacial score (nSPS) is 10.4. The topological polar surface area (TPSA) is 56.1 Å². The molecule has 0 aliphatic carbocycles. The second kappa shape index (κ2) is 7.00. The molecule has 0 bridgehead atoms. The molecule has 2 aromatic heterocycles. The molecule has 24 heavy (non-hydrogen) atoms. The van der Waals surface area contributed by atoms with Crippen LogP contribution in [0.25, 0.3) is 0 Å². The molecule has 5 nitrogen and oxygen atoms in total. The number of benzene rings is 1. The fourth-order valence-corrected chi connectivity index (χ4v) is 2.31. The predicted molar refractivity (Wildman–Crippen MR) is 93.1 cm³/mol. The van der Waals surface area contributed by atoms with E-state index in [1.807, 2.05) is 54.9 Å². The Bertz CT molecular complexity index is 824. The van der Waals surface area contributed by atoms with Crippen LogP contribution in [-0.4, -0.2) is 15.5 Å². The monoisotopic (exact) mass is 321 g/mol. The fourth-order valence-electron chi connectivity index (χ4n) is 2.31. The zero-order chi connectivity index (χ0) is 16.9. The van der Waals surface area contributed by atoms with E-state index in [1.54, 1.807) is 24.4 Å². The van der Waals surface area contributed by atoms with Crippen molar-refractivity contribution in [1.82, 2.24) is 9.55 Å². The molecule has 0 aliphatic rings. The van der Waals surface area contributed by atoms with Gasteiger partial charge in [0.1, 0.15) is 12.3 Å². The van der Waals surface area contributed by atoms with Gasteiger partial charge in [-0.15, -0.1) is 0 Å². The maximum absolute atomic E-state index is 12.3. The highest BCUT2D eigenvalue weighted by Gasteiger charge is 2.11. The van der Waals surface area contributed by atoms with Crippen molar-refractivity contribution < 1.29 is 9.53 Å². The quantitative estimate of drug-likeness (QED) is 0.782. The number of hydrogen-bond donors (Lipinski definition) is 1. The van der Waals surface area contributed by atoms with E-state index >= 15 is 0 Å². The number of hydrogen-bond acceptors (Lipinski definition) is 3. The summed E-state index contributed by atoms with van der Waals surface area (Å²) in [6.07, 6.45) is 1.59. The van der Waals surface area contributed by atoms with Crippen LogP contribution in [0.4, 0.5) is 5.69 Å². The molecule has 0 aliphatic heterocycles. The minimum atomic E-state index is -0.162. The summed E-state index contributed by atoms with van der Waals surface area (Å²) in [6, 6.07) is 17.1. The number of rotatable bonds is 5. The van der Waals surface area contributed by atoms with Crippen molar-refractivity contribution >= 4 is 11.6 Å². The fraction of sp³-hybridized carbons (Fsp3) is 0.158. The number of nitrogens with one attached hydrogen (secondary N) is 1. The highest BCUT2D eigenvalue weighted by Crippen LogP contribution is 2.15. The summed E-state index contributed by atoms with van der Waals surface area (Å²) < 4.78 is 7.48. The molecule has 0 unspecified atom stereocenters. The lowest BCUT2D eigenvalue weighted by molar-refractivity contribution is 0.101. The van der Waals surface area contributed by atoms with Gasteiger partial charge in [-0.25, -0.2) is 4.98 Å². The summed E-state index contributed by atoms with van der Waals surface area (Å²) in [5.41, 5.74) is 3.35. The lowest BCUT2D eigenvalue weighted by Gasteiger charge is -2.08. The molecule has 0 fully saturated rings. The summed E-state index contributed by atoms with van der Waals surface area (Å²) in [7, 11) is 1.86. The van der Waals surface area contributed by atoms with E-state index in [-0.39, 0.29) is 5.91 Å². The average Bonchev–Trinajstić information content (AvgIpc) is 2.94. The first kappa shape index (κ1) is 15.8. The van der Waals surface area contributed by atoms with Crippen LogP contribution in [0.2, 0.25) is 0 Å². The Morgan fingerprint density at radius 2 is 1.92 bits per heavy atom. The average molecular weight is 321 g/mol. The third kappa shape index (κ3) is 3.63. The van der Waals surface area contributed by atoms with Gasteiger partial charge in [0.15, 0.2) is 0 Å². The molecule has 122 valence electrons. The number of carbonyl (C=O) groups excluding carboxylic acids is 1. The van der Waals surface area contributed by atoms with Crippen LogP contribution in [0.3, 0.4) is 0 Å². The molecule has 0 atom stereocenters. The van der Waals surface area contributed by atoms with E-state index in [1.165, 1.54) is 0 Å². The second-order valence-electron chi connectivity index (χ2n) is 5.53. The highest BCUT2D eigenvalue weighted by molar-refractivity contribution is 6.03. The first-order valence-electron chi connectivity index (χ1n) is 7.70.